The Bertz CT molecular complexity index is 924. The number of benzene rings is 2. The zero-order valence-electron chi connectivity index (χ0n) is 15.0. The fraction of sp³-hybridized carbons (Fsp3) is 0.300. The van der Waals surface area contributed by atoms with Crippen molar-refractivity contribution in [3.63, 3.8) is 0 Å². The Hall–Kier alpha value is -2.67. The number of H-pyrrole nitrogens is 1. The molecule has 0 saturated carbocycles. The van der Waals surface area contributed by atoms with Crippen LogP contribution in [0.1, 0.15) is 24.9 Å². The molecule has 7 heteroatoms. The fourth-order valence-corrected chi connectivity index (χ4v) is 3.64. The van der Waals surface area contributed by atoms with E-state index in [1.807, 2.05) is 49.4 Å². The number of thioether (sulfide) groups is 1. The topological polar surface area (TPSA) is 76.2 Å². The average molecular weight is 383 g/mol. The molecule has 0 aliphatic carbocycles. The monoisotopic (exact) mass is 383 g/mol. The van der Waals surface area contributed by atoms with Crippen molar-refractivity contribution < 1.29 is 14.3 Å². The second kappa shape index (κ2) is 7.92. The zero-order valence-corrected chi connectivity index (χ0v) is 15.8. The van der Waals surface area contributed by atoms with Crippen molar-refractivity contribution in [3.8, 4) is 11.5 Å². The first-order valence-corrected chi connectivity index (χ1v) is 9.94. The third kappa shape index (κ3) is 4.19. The number of aromatic amines is 1. The summed E-state index contributed by atoms with van der Waals surface area (Å²) in [5.41, 5.74) is 2.86. The highest BCUT2D eigenvalue weighted by molar-refractivity contribution is 7.99. The third-order valence-electron chi connectivity index (χ3n) is 4.36. The Balaban J connectivity index is 1.35. The summed E-state index contributed by atoms with van der Waals surface area (Å²) in [6, 6.07) is 13.5. The molecule has 4 rings (SSSR count). The van der Waals surface area contributed by atoms with E-state index >= 15 is 0 Å². The molecule has 27 heavy (non-hydrogen) atoms. The number of imidazole rings is 1. The van der Waals surface area contributed by atoms with Crippen molar-refractivity contribution in [2.75, 3.05) is 19.0 Å². The van der Waals surface area contributed by atoms with E-state index in [2.05, 4.69) is 15.3 Å². The molecule has 1 aliphatic heterocycles. The van der Waals surface area contributed by atoms with Crippen molar-refractivity contribution in [2.45, 2.75) is 24.5 Å². The van der Waals surface area contributed by atoms with E-state index in [4.69, 9.17) is 9.47 Å². The summed E-state index contributed by atoms with van der Waals surface area (Å²) in [5, 5.41) is 3.77. The predicted octanol–water partition coefficient (Wildman–Crippen LogP) is 3.69. The molecule has 1 aliphatic rings. The van der Waals surface area contributed by atoms with E-state index in [9.17, 15) is 4.79 Å². The summed E-state index contributed by atoms with van der Waals surface area (Å²) in [6.07, 6.45) is 0.870. The van der Waals surface area contributed by atoms with Crippen molar-refractivity contribution in [1.82, 2.24) is 15.3 Å². The molecule has 1 amide bonds. The first kappa shape index (κ1) is 17.7. The number of nitrogens with zero attached hydrogens (tertiary/aromatic N) is 1. The average Bonchev–Trinajstić information content (AvgIpc) is 2.95. The van der Waals surface area contributed by atoms with Gasteiger partial charge in [-0.2, -0.15) is 0 Å². The minimum atomic E-state index is -0.120. The van der Waals surface area contributed by atoms with Gasteiger partial charge in [-0.15, -0.1) is 0 Å². The standard InChI is InChI=1S/C20H21N3O3S/c1-13(14-7-8-17-18(11-14)26-10-4-9-25-17)21-19(24)12-27-20-22-15-5-2-3-6-16(15)23-20/h2-3,5-8,11,13H,4,9-10,12H2,1H3,(H,21,24)(H,22,23)/t13-/m0/s1. The number of carbonyl (C=O) groups is 1. The first-order valence-electron chi connectivity index (χ1n) is 8.95. The van der Waals surface area contributed by atoms with Gasteiger partial charge in [0.1, 0.15) is 0 Å². The minimum Gasteiger partial charge on any atom is -0.490 e. The highest BCUT2D eigenvalue weighted by atomic mass is 32.2. The van der Waals surface area contributed by atoms with Crippen LogP contribution >= 0.6 is 11.8 Å². The van der Waals surface area contributed by atoms with Gasteiger partial charge < -0.3 is 19.8 Å². The Morgan fingerprint density at radius 2 is 2.04 bits per heavy atom. The van der Waals surface area contributed by atoms with Crippen LogP contribution < -0.4 is 14.8 Å². The number of hydrogen-bond acceptors (Lipinski definition) is 5. The molecule has 1 atom stereocenters. The molecule has 2 aromatic carbocycles. The Labute approximate surface area is 161 Å². The maximum atomic E-state index is 12.3. The number of nitrogens with one attached hydrogen (secondary N) is 2. The molecule has 3 aromatic rings. The summed E-state index contributed by atoms with van der Waals surface area (Å²) in [5.74, 6) is 1.76. The lowest BCUT2D eigenvalue weighted by Gasteiger charge is -2.16. The van der Waals surface area contributed by atoms with Crippen LogP contribution in [0.2, 0.25) is 0 Å². The second-order valence-corrected chi connectivity index (χ2v) is 7.36. The van der Waals surface area contributed by atoms with Gasteiger partial charge in [-0.1, -0.05) is 30.0 Å². The maximum Gasteiger partial charge on any atom is 0.230 e. The first-order chi connectivity index (χ1) is 13.2. The molecule has 140 valence electrons. The van der Waals surface area contributed by atoms with Gasteiger partial charge in [-0.3, -0.25) is 4.79 Å². The lowest BCUT2D eigenvalue weighted by Crippen LogP contribution is -2.28. The third-order valence-corrected chi connectivity index (χ3v) is 5.23. The summed E-state index contributed by atoms with van der Waals surface area (Å²) in [6.45, 7) is 3.27. The van der Waals surface area contributed by atoms with Gasteiger partial charge in [0.15, 0.2) is 16.7 Å². The number of ether oxygens (including phenoxy) is 2. The van der Waals surface area contributed by atoms with Gasteiger partial charge in [0.25, 0.3) is 0 Å². The molecule has 0 fully saturated rings. The van der Waals surface area contributed by atoms with E-state index in [0.717, 1.165) is 39.7 Å². The van der Waals surface area contributed by atoms with Crippen LogP contribution in [0.25, 0.3) is 11.0 Å². The van der Waals surface area contributed by atoms with E-state index < -0.39 is 0 Å². The molecule has 2 N–H and O–H groups in total. The number of carbonyl (C=O) groups excluding carboxylic acids is 1. The molecule has 2 heterocycles. The van der Waals surface area contributed by atoms with Gasteiger partial charge >= 0.3 is 0 Å². The molecule has 6 nitrogen and oxygen atoms in total. The SMILES string of the molecule is C[C@H](NC(=O)CSc1nc2ccccc2[nH]1)c1ccc2c(c1)OCCCO2. The van der Waals surface area contributed by atoms with Crippen molar-refractivity contribution >= 4 is 28.7 Å². The highest BCUT2D eigenvalue weighted by Crippen LogP contribution is 2.32. The number of hydrogen-bond donors (Lipinski definition) is 2. The number of amides is 1. The quantitative estimate of drug-likeness (QED) is 0.657. The minimum absolute atomic E-state index is 0.0416. The van der Waals surface area contributed by atoms with Gasteiger partial charge in [0.05, 0.1) is 36.0 Å². The molecule has 0 spiro atoms. The molecule has 0 unspecified atom stereocenters. The van der Waals surface area contributed by atoms with Gasteiger partial charge in [-0.25, -0.2) is 4.98 Å². The van der Waals surface area contributed by atoms with Crippen LogP contribution in [-0.2, 0) is 4.79 Å². The van der Waals surface area contributed by atoms with Crippen LogP contribution in [0.15, 0.2) is 47.6 Å². The molecule has 0 saturated heterocycles. The largest absolute Gasteiger partial charge is 0.490 e. The number of aromatic nitrogens is 2. The Kier molecular flexibility index (Phi) is 5.20. The van der Waals surface area contributed by atoms with E-state index in [1.165, 1.54) is 11.8 Å². The van der Waals surface area contributed by atoms with Gasteiger partial charge in [0.2, 0.25) is 5.91 Å². The Morgan fingerprint density at radius 1 is 1.22 bits per heavy atom. The predicted molar refractivity (Wildman–Crippen MR) is 105 cm³/mol. The van der Waals surface area contributed by atoms with Crippen LogP contribution in [0, 0.1) is 0 Å². The van der Waals surface area contributed by atoms with Gasteiger partial charge in [-0.05, 0) is 36.8 Å². The maximum absolute atomic E-state index is 12.3. The van der Waals surface area contributed by atoms with Gasteiger partial charge in [0, 0.05) is 6.42 Å². The van der Waals surface area contributed by atoms with Crippen molar-refractivity contribution in [1.29, 1.82) is 0 Å². The van der Waals surface area contributed by atoms with E-state index in [0.29, 0.717) is 19.0 Å². The molecular weight excluding hydrogens is 362 g/mol. The summed E-state index contributed by atoms with van der Waals surface area (Å²) in [4.78, 5) is 20.0. The Morgan fingerprint density at radius 3 is 2.89 bits per heavy atom. The van der Waals surface area contributed by atoms with E-state index in [-0.39, 0.29) is 11.9 Å². The number of para-hydroxylation sites is 2. The van der Waals surface area contributed by atoms with Crippen LogP contribution in [0.5, 0.6) is 11.5 Å². The lowest BCUT2D eigenvalue weighted by molar-refractivity contribution is -0.119. The molecule has 1 aromatic heterocycles. The second-order valence-electron chi connectivity index (χ2n) is 6.39. The zero-order chi connectivity index (χ0) is 18.6. The molecule has 0 radical (unpaired) electrons. The molecular formula is C20H21N3O3S. The normalized spacial score (nSPS) is 14.6. The number of fused-ring (bicyclic) bond motifs is 2. The number of rotatable bonds is 5. The fourth-order valence-electron chi connectivity index (χ4n) is 2.95. The smallest absolute Gasteiger partial charge is 0.230 e. The van der Waals surface area contributed by atoms with Crippen LogP contribution in [0.4, 0.5) is 0 Å². The van der Waals surface area contributed by atoms with Crippen molar-refractivity contribution in [3.05, 3.63) is 48.0 Å². The summed E-state index contributed by atoms with van der Waals surface area (Å²) >= 11 is 1.39. The van der Waals surface area contributed by atoms with Crippen LogP contribution in [-0.4, -0.2) is 34.8 Å². The lowest BCUT2D eigenvalue weighted by atomic mass is 10.1. The van der Waals surface area contributed by atoms with Crippen LogP contribution in [0.3, 0.4) is 0 Å². The van der Waals surface area contributed by atoms with Crippen molar-refractivity contribution in [2.24, 2.45) is 0 Å². The van der Waals surface area contributed by atoms with E-state index in [1.54, 1.807) is 0 Å². The highest BCUT2D eigenvalue weighted by Gasteiger charge is 2.15. The summed E-state index contributed by atoms with van der Waals surface area (Å²) < 4.78 is 11.4. The summed E-state index contributed by atoms with van der Waals surface area (Å²) in [7, 11) is 0. The molecule has 0 bridgehead atoms.